The van der Waals surface area contributed by atoms with E-state index in [1.165, 1.54) is 4.31 Å². The highest BCUT2D eigenvalue weighted by atomic mass is 35.5. The smallest absolute Gasteiger partial charge is 0.332 e. The highest BCUT2D eigenvalue weighted by Gasteiger charge is 2.25. The number of carbonyl (C=O) groups is 1. The molecule has 32 heavy (non-hydrogen) atoms. The molecule has 0 atom stereocenters. The molecule has 3 aromatic rings. The molecule has 2 N–H and O–H groups in total. The molecule has 168 valence electrons. The van der Waals surface area contributed by atoms with Crippen LogP contribution in [-0.2, 0) is 0 Å². The Morgan fingerprint density at radius 1 is 1.00 bits per heavy atom. The van der Waals surface area contributed by atoms with E-state index in [9.17, 15) is 4.79 Å². The quantitative estimate of drug-likeness (QED) is 0.450. The molecule has 1 aromatic heterocycles. The van der Waals surface area contributed by atoms with Gasteiger partial charge in [0, 0.05) is 36.6 Å². The van der Waals surface area contributed by atoms with Crippen LogP contribution >= 0.6 is 24.4 Å². The molecule has 0 bridgehead atoms. The van der Waals surface area contributed by atoms with Crippen LogP contribution in [-0.4, -0.2) is 42.2 Å². The van der Waals surface area contributed by atoms with Gasteiger partial charge in [0.1, 0.15) is 5.82 Å². The molecule has 0 aliphatic heterocycles. The van der Waals surface area contributed by atoms with Gasteiger partial charge in [0.15, 0.2) is 0 Å². The zero-order valence-corrected chi connectivity index (χ0v) is 19.8. The van der Waals surface area contributed by atoms with Gasteiger partial charge in [-0.15, -0.1) is 0 Å². The number of hydrogen-bond donors (Lipinski definition) is 3. The highest BCUT2D eigenvalue weighted by Crippen LogP contribution is 2.27. The van der Waals surface area contributed by atoms with Crippen LogP contribution in [0.15, 0.2) is 48.5 Å². The number of fused-ring (bicyclic) bond motifs is 1. The molecular weight excluding hydrogens is 444 g/mol. The van der Waals surface area contributed by atoms with Crippen LogP contribution in [0.1, 0.15) is 25.7 Å². The van der Waals surface area contributed by atoms with Gasteiger partial charge < -0.3 is 15.5 Å². The van der Waals surface area contributed by atoms with Crippen molar-refractivity contribution < 1.29 is 4.79 Å². The van der Waals surface area contributed by atoms with Gasteiger partial charge in [0.05, 0.1) is 11.2 Å². The maximum Gasteiger partial charge on any atom is 0.332 e. The molecule has 9 heteroatoms. The summed E-state index contributed by atoms with van der Waals surface area (Å²) in [6.07, 6.45) is 3.59. The second-order valence-corrected chi connectivity index (χ2v) is 9.05. The zero-order valence-electron chi connectivity index (χ0n) is 18.1. The summed E-state index contributed by atoms with van der Waals surface area (Å²) < 4.78 is 1.31. The summed E-state index contributed by atoms with van der Waals surface area (Å²) in [5, 5.41) is 8.23. The number of urea groups is 1. The maximum atomic E-state index is 12.6. The third-order valence-corrected chi connectivity index (χ3v) is 6.32. The molecule has 2 amide bonds. The van der Waals surface area contributed by atoms with Gasteiger partial charge in [-0.05, 0) is 62.1 Å². The van der Waals surface area contributed by atoms with Crippen LogP contribution < -0.4 is 19.8 Å². The van der Waals surface area contributed by atoms with Gasteiger partial charge >= 0.3 is 6.03 Å². The molecule has 1 aliphatic carbocycles. The van der Waals surface area contributed by atoms with Gasteiger partial charge in [0.2, 0.25) is 5.95 Å². The normalized spacial score (nSPS) is 18.2. The van der Waals surface area contributed by atoms with Crippen molar-refractivity contribution in [3.63, 3.8) is 0 Å². The molecule has 4 rings (SSSR count). The Labute approximate surface area is 198 Å². The number of amides is 2. The van der Waals surface area contributed by atoms with Gasteiger partial charge in [-0.25, -0.2) is 14.1 Å². The molecule has 1 heterocycles. The van der Waals surface area contributed by atoms with Crippen LogP contribution in [0.5, 0.6) is 0 Å². The monoisotopic (exact) mass is 470 g/mol. The lowest BCUT2D eigenvalue weighted by molar-refractivity contribution is 0.241. The molecule has 1 aliphatic rings. The van der Waals surface area contributed by atoms with E-state index in [4.69, 9.17) is 21.6 Å². The summed E-state index contributed by atoms with van der Waals surface area (Å²) in [4.78, 5) is 24.0. The number of hydrogen-bond acceptors (Lipinski definition) is 6. The Morgan fingerprint density at radius 3 is 2.34 bits per heavy atom. The first-order valence-electron chi connectivity index (χ1n) is 10.7. The number of nitrogens with one attached hydrogen (secondary N) is 2. The van der Waals surface area contributed by atoms with E-state index in [-0.39, 0.29) is 18.1 Å². The molecule has 1 fully saturated rings. The number of carbonyl (C=O) groups excluding carboxylic acids is 1. The summed E-state index contributed by atoms with van der Waals surface area (Å²) >= 11 is 10.2. The topological polar surface area (TPSA) is 73.4 Å². The molecule has 0 saturated heterocycles. The molecular formula is C23H27ClN6OS. The van der Waals surface area contributed by atoms with Crippen molar-refractivity contribution in [2.75, 3.05) is 28.6 Å². The summed E-state index contributed by atoms with van der Waals surface area (Å²) in [5.41, 5.74) is 1.60. The van der Waals surface area contributed by atoms with E-state index in [0.717, 1.165) is 42.4 Å². The third-order valence-electron chi connectivity index (χ3n) is 5.66. The largest absolute Gasteiger partial charge is 0.362 e. The van der Waals surface area contributed by atoms with Crippen molar-refractivity contribution in [1.29, 1.82) is 0 Å². The average molecular weight is 471 g/mol. The van der Waals surface area contributed by atoms with Crippen LogP contribution in [0.2, 0.25) is 5.02 Å². The van der Waals surface area contributed by atoms with E-state index in [1.807, 2.05) is 43.3 Å². The minimum atomic E-state index is -0.236. The number of halogens is 1. The number of aromatic nitrogens is 2. The number of para-hydroxylation sites is 1. The first kappa shape index (κ1) is 22.5. The molecule has 1 saturated carbocycles. The molecule has 0 radical (unpaired) electrons. The van der Waals surface area contributed by atoms with Crippen molar-refractivity contribution in [3.8, 4) is 0 Å². The van der Waals surface area contributed by atoms with Crippen LogP contribution in [0.4, 0.5) is 22.2 Å². The van der Waals surface area contributed by atoms with E-state index in [1.54, 1.807) is 24.3 Å². The number of thiol groups is 1. The van der Waals surface area contributed by atoms with Gasteiger partial charge in [0.25, 0.3) is 0 Å². The Hall–Kier alpha value is -2.71. The lowest BCUT2D eigenvalue weighted by Gasteiger charge is -2.31. The fourth-order valence-electron chi connectivity index (χ4n) is 3.97. The summed E-state index contributed by atoms with van der Waals surface area (Å²) in [5.74, 6) is 1.54. The van der Waals surface area contributed by atoms with Crippen LogP contribution in [0, 0.1) is 0 Å². The summed E-state index contributed by atoms with van der Waals surface area (Å²) in [7, 11) is 3.97. The van der Waals surface area contributed by atoms with Gasteiger partial charge in [-0.3, -0.25) is 0 Å². The van der Waals surface area contributed by atoms with Gasteiger partial charge in [-0.2, -0.15) is 4.98 Å². The standard InChI is InChI=1S/C23H27ClN6OS/c1-29(2)21-19-5-3-4-6-20(19)27-22(28-21)25-16-9-11-17(12-10-16)26-23(31)30(32)18-13-7-15(24)8-14-18/h3-8,13-14,16-17,32H,9-12H2,1-2H3,(H,26,31)(H,25,27,28). The van der Waals surface area contributed by atoms with Crippen molar-refractivity contribution >= 4 is 58.8 Å². The average Bonchev–Trinajstić information content (AvgIpc) is 2.79. The van der Waals surface area contributed by atoms with E-state index in [2.05, 4.69) is 23.4 Å². The molecule has 0 unspecified atom stereocenters. The first-order valence-corrected chi connectivity index (χ1v) is 11.4. The van der Waals surface area contributed by atoms with Crippen LogP contribution in [0.25, 0.3) is 10.9 Å². The second kappa shape index (κ2) is 9.83. The van der Waals surface area contributed by atoms with Crippen molar-refractivity contribution in [1.82, 2.24) is 15.3 Å². The Bertz CT molecular complexity index is 1090. The fourth-order valence-corrected chi connectivity index (χ4v) is 4.28. The predicted molar refractivity (Wildman–Crippen MR) is 135 cm³/mol. The molecule has 7 nitrogen and oxygen atoms in total. The number of anilines is 3. The molecule has 0 spiro atoms. The third kappa shape index (κ3) is 5.19. The summed E-state index contributed by atoms with van der Waals surface area (Å²) in [6, 6.07) is 15.2. The summed E-state index contributed by atoms with van der Waals surface area (Å²) in [6.45, 7) is 0. The van der Waals surface area contributed by atoms with E-state index in [0.29, 0.717) is 16.7 Å². The lowest BCUT2D eigenvalue weighted by atomic mass is 9.91. The minimum Gasteiger partial charge on any atom is -0.362 e. The fraction of sp³-hybridized carbons (Fsp3) is 0.348. The first-order chi connectivity index (χ1) is 15.4. The van der Waals surface area contributed by atoms with Crippen molar-refractivity contribution in [2.24, 2.45) is 0 Å². The van der Waals surface area contributed by atoms with Crippen LogP contribution in [0.3, 0.4) is 0 Å². The maximum absolute atomic E-state index is 12.6. The lowest BCUT2D eigenvalue weighted by Crippen LogP contribution is -2.44. The minimum absolute atomic E-state index is 0.109. The van der Waals surface area contributed by atoms with E-state index < -0.39 is 0 Å². The number of nitrogens with zero attached hydrogens (tertiary/aromatic N) is 4. The van der Waals surface area contributed by atoms with E-state index >= 15 is 0 Å². The SMILES string of the molecule is CN(C)c1nc(NC2CCC(NC(=O)N(S)c3ccc(Cl)cc3)CC2)nc2ccccc12. The Morgan fingerprint density at radius 2 is 1.66 bits per heavy atom. The zero-order chi connectivity index (χ0) is 22.7. The number of benzene rings is 2. The van der Waals surface area contributed by atoms with Crippen molar-refractivity contribution in [3.05, 3.63) is 53.6 Å². The Balaban J connectivity index is 1.34. The molecule has 2 aromatic carbocycles. The van der Waals surface area contributed by atoms with Gasteiger partial charge in [-0.1, -0.05) is 36.5 Å². The van der Waals surface area contributed by atoms with Crippen molar-refractivity contribution in [2.45, 2.75) is 37.8 Å². The predicted octanol–water partition coefficient (Wildman–Crippen LogP) is 5.13. The highest BCUT2D eigenvalue weighted by molar-refractivity contribution is 7.82. The number of rotatable bonds is 5. The Kier molecular flexibility index (Phi) is 6.91. The second-order valence-electron chi connectivity index (χ2n) is 8.21.